The van der Waals surface area contributed by atoms with Crippen molar-refractivity contribution in [2.45, 2.75) is 27.2 Å². The third-order valence-corrected chi connectivity index (χ3v) is 2.65. The molecule has 18 heavy (non-hydrogen) atoms. The van der Waals surface area contributed by atoms with Crippen molar-refractivity contribution in [3.8, 4) is 5.75 Å². The number of hydrogen-bond acceptors (Lipinski definition) is 3. The average molecular weight is 250 g/mol. The third-order valence-electron chi connectivity index (χ3n) is 2.65. The molecule has 0 N–H and O–H groups in total. The zero-order valence-corrected chi connectivity index (χ0v) is 11.6. The highest BCUT2D eigenvalue weighted by molar-refractivity contribution is 5.72. The molecule has 0 aliphatic carbocycles. The van der Waals surface area contributed by atoms with E-state index in [1.165, 1.54) is 7.11 Å². The highest BCUT2D eigenvalue weighted by Gasteiger charge is 2.13. The van der Waals surface area contributed by atoms with Gasteiger partial charge in [-0.1, -0.05) is 32.9 Å². The molecule has 0 spiro atoms. The van der Waals surface area contributed by atoms with Crippen LogP contribution in [-0.4, -0.2) is 19.7 Å². The largest absolute Gasteiger partial charge is 0.493 e. The molecule has 0 fully saturated rings. The van der Waals surface area contributed by atoms with E-state index in [0.29, 0.717) is 12.3 Å². The molecule has 1 atom stereocenters. The molecule has 0 bridgehead atoms. The molecule has 1 unspecified atom stereocenters. The predicted octanol–water partition coefficient (Wildman–Crippen LogP) is 3.07. The number of ether oxygens (including phenoxy) is 2. The molecule has 3 nitrogen and oxygen atoms in total. The van der Waals surface area contributed by atoms with Gasteiger partial charge in [0.1, 0.15) is 5.75 Å². The number of methoxy groups -OCH3 is 1. The fourth-order valence-corrected chi connectivity index (χ4v) is 1.62. The van der Waals surface area contributed by atoms with Crippen LogP contribution in [0.25, 0.3) is 0 Å². The van der Waals surface area contributed by atoms with Gasteiger partial charge in [0.15, 0.2) is 0 Å². The van der Waals surface area contributed by atoms with Crippen LogP contribution in [0.15, 0.2) is 24.3 Å². The number of benzene rings is 1. The molecule has 100 valence electrons. The number of rotatable bonds is 6. The fourth-order valence-electron chi connectivity index (χ4n) is 1.62. The van der Waals surface area contributed by atoms with Crippen molar-refractivity contribution < 1.29 is 14.3 Å². The summed E-state index contributed by atoms with van der Waals surface area (Å²) in [6.07, 6.45) is 0.692. The van der Waals surface area contributed by atoms with Crippen molar-refractivity contribution in [3.05, 3.63) is 29.8 Å². The van der Waals surface area contributed by atoms with Crippen molar-refractivity contribution in [2.24, 2.45) is 11.8 Å². The summed E-state index contributed by atoms with van der Waals surface area (Å²) in [5.41, 5.74) is 1.12. The van der Waals surface area contributed by atoms with Gasteiger partial charge < -0.3 is 9.47 Å². The van der Waals surface area contributed by atoms with Gasteiger partial charge in [-0.05, 0) is 30.0 Å². The molecule has 0 heterocycles. The van der Waals surface area contributed by atoms with Crippen LogP contribution >= 0.6 is 0 Å². The first kappa shape index (κ1) is 14.6. The van der Waals surface area contributed by atoms with Crippen LogP contribution in [-0.2, 0) is 16.0 Å². The summed E-state index contributed by atoms with van der Waals surface area (Å²) in [5, 5.41) is 0. The van der Waals surface area contributed by atoms with E-state index < -0.39 is 0 Å². The van der Waals surface area contributed by atoms with E-state index in [0.717, 1.165) is 17.9 Å². The minimum absolute atomic E-state index is 0.113. The molecule has 0 amide bonds. The van der Waals surface area contributed by atoms with Gasteiger partial charge in [-0.3, -0.25) is 4.79 Å². The van der Waals surface area contributed by atoms with Gasteiger partial charge in [0.25, 0.3) is 0 Å². The second-order valence-corrected chi connectivity index (χ2v) is 4.98. The quantitative estimate of drug-likeness (QED) is 0.728. The Balaban J connectivity index is 2.52. The maximum atomic E-state index is 11.3. The van der Waals surface area contributed by atoms with Crippen LogP contribution in [0, 0.1) is 11.8 Å². The maximum absolute atomic E-state index is 11.3. The smallest absolute Gasteiger partial charge is 0.308 e. The Morgan fingerprint density at radius 3 is 2.28 bits per heavy atom. The summed E-state index contributed by atoms with van der Waals surface area (Å²) in [6.45, 7) is 6.83. The lowest BCUT2D eigenvalue weighted by molar-refractivity contribution is -0.144. The SMILES string of the molecule is COC(=O)C(C)Cc1ccc(OCC(C)C)cc1. The Bertz CT molecular complexity index is 368. The summed E-state index contributed by atoms with van der Waals surface area (Å²) >= 11 is 0. The van der Waals surface area contributed by atoms with Crippen LogP contribution in [0.1, 0.15) is 26.3 Å². The number of esters is 1. The Morgan fingerprint density at radius 2 is 1.78 bits per heavy atom. The van der Waals surface area contributed by atoms with E-state index in [9.17, 15) is 4.79 Å². The van der Waals surface area contributed by atoms with Crippen LogP contribution in [0.5, 0.6) is 5.75 Å². The number of carbonyl (C=O) groups is 1. The van der Waals surface area contributed by atoms with E-state index in [1.54, 1.807) is 0 Å². The summed E-state index contributed by atoms with van der Waals surface area (Å²) in [5.74, 6) is 1.11. The zero-order chi connectivity index (χ0) is 13.5. The van der Waals surface area contributed by atoms with E-state index in [-0.39, 0.29) is 11.9 Å². The fraction of sp³-hybridized carbons (Fsp3) is 0.533. The molecule has 0 saturated carbocycles. The molecule has 1 aromatic carbocycles. The second kappa shape index (κ2) is 7.04. The van der Waals surface area contributed by atoms with Crippen LogP contribution in [0.4, 0.5) is 0 Å². The number of hydrogen-bond donors (Lipinski definition) is 0. The monoisotopic (exact) mass is 250 g/mol. The minimum atomic E-state index is -0.171. The molecular formula is C15H22O3. The molecule has 3 heteroatoms. The standard InChI is InChI=1S/C15H22O3/c1-11(2)10-18-14-7-5-13(6-8-14)9-12(3)15(16)17-4/h5-8,11-12H,9-10H2,1-4H3. The van der Waals surface area contributed by atoms with Gasteiger partial charge >= 0.3 is 5.97 Å². The lowest BCUT2D eigenvalue weighted by Gasteiger charge is -2.11. The van der Waals surface area contributed by atoms with Crippen molar-refractivity contribution >= 4 is 5.97 Å². The topological polar surface area (TPSA) is 35.5 Å². The molecule has 0 radical (unpaired) electrons. The van der Waals surface area contributed by atoms with Crippen molar-refractivity contribution in [3.63, 3.8) is 0 Å². The van der Waals surface area contributed by atoms with Gasteiger partial charge in [-0.15, -0.1) is 0 Å². The highest BCUT2D eigenvalue weighted by Crippen LogP contribution is 2.16. The van der Waals surface area contributed by atoms with Crippen LogP contribution < -0.4 is 4.74 Å². The molecule has 0 aliphatic rings. The Labute approximate surface area is 109 Å². The number of carbonyl (C=O) groups excluding carboxylic acids is 1. The van der Waals surface area contributed by atoms with Crippen molar-refractivity contribution in [1.82, 2.24) is 0 Å². The van der Waals surface area contributed by atoms with Gasteiger partial charge in [0, 0.05) is 0 Å². The summed E-state index contributed by atoms with van der Waals surface area (Å²) < 4.78 is 10.3. The predicted molar refractivity (Wildman–Crippen MR) is 71.7 cm³/mol. The Morgan fingerprint density at radius 1 is 1.17 bits per heavy atom. The average Bonchev–Trinajstić information content (AvgIpc) is 2.36. The summed E-state index contributed by atoms with van der Waals surface area (Å²) in [4.78, 5) is 11.3. The molecule has 0 aliphatic heterocycles. The molecule has 1 aromatic rings. The van der Waals surface area contributed by atoms with Gasteiger partial charge in [0.05, 0.1) is 19.6 Å². The molecular weight excluding hydrogens is 228 g/mol. The highest BCUT2D eigenvalue weighted by atomic mass is 16.5. The van der Waals surface area contributed by atoms with E-state index in [2.05, 4.69) is 13.8 Å². The van der Waals surface area contributed by atoms with Gasteiger partial charge in [-0.25, -0.2) is 0 Å². The molecule has 0 aromatic heterocycles. The lowest BCUT2D eigenvalue weighted by Crippen LogP contribution is -2.15. The van der Waals surface area contributed by atoms with Gasteiger partial charge in [0.2, 0.25) is 0 Å². The molecule has 0 saturated heterocycles. The minimum Gasteiger partial charge on any atom is -0.493 e. The van der Waals surface area contributed by atoms with Crippen molar-refractivity contribution in [2.75, 3.05) is 13.7 Å². The van der Waals surface area contributed by atoms with E-state index >= 15 is 0 Å². The first-order valence-electron chi connectivity index (χ1n) is 6.32. The summed E-state index contributed by atoms with van der Waals surface area (Å²) in [6, 6.07) is 7.88. The van der Waals surface area contributed by atoms with Crippen LogP contribution in [0.3, 0.4) is 0 Å². The second-order valence-electron chi connectivity index (χ2n) is 4.98. The van der Waals surface area contributed by atoms with Gasteiger partial charge in [-0.2, -0.15) is 0 Å². The Hall–Kier alpha value is -1.51. The van der Waals surface area contributed by atoms with Crippen LogP contribution in [0.2, 0.25) is 0 Å². The summed E-state index contributed by atoms with van der Waals surface area (Å²) in [7, 11) is 1.42. The maximum Gasteiger partial charge on any atom is 0.308 e. The normalized spacial score (nSPS) is 12.3. The third kappa shape index (κ3) is 4.78. The van der Waals surface area contributed by atoms with Crippen molar-refractivity contribution in [1.29, 1.82) is 0 Å². The zero-order valence-electron chi connectivity index (χ0n) is 11.6. The first-order chi connectivity index (χ1) is 8.52. The van der Waals surface area contributed by atoms with E-state index in [4.69, 9.17) is 9.47 Å². The van der Waals surface area contributed by atoms with E-state index in [1.807, 2.05) is 31.2 Å². The Kier molecular flexibility index (Phi) is 5.69. The molecule has 1 rings (SSSR count). The first-order valence-corrected chi connectivity index (χ1v) is 6.32. The lowest BCUT2D eigenvalue weighted by atomic mass is 10.0.